The number of carbonyl (C=O) groups excluding carboxylic acids is 1. The van der Waals surface area contributed by atoms with Crippen LogP contribution in [-0.2, 0) is 4.79 Å². The average molecular weight is 245 g/mol. The van der Waals surface area contributed by atoms with Crippen LogP contribution in [0.2, 0.25) is 0 Å². The Hall–Kier alpha value is -0.560. The summed E-state index contributed by atoms with van der Waals surface area (Å²) in [4.78, 5) is 11.6. The van der Waals surface area contributed by atoms with Crippen LogP contribution in [0.25, 0.3) is 0 Å². The van der Waals surface area contributed by atoms with Crippen LogP contribution in [0.4, 0.5) is 0 Å². The molecule has 0 radical (unpaired) electrons. The molecule has 1 aliphatic rings. The van der Waals surface area contributed by atoms with Crippen molar-refractivity contribution in [3.05, 3.63) is 0 Å². The maximum absolute atomic E-state index is 11.6. The molecule has 0 bridgehead atoms. The fourth-order valence-electron chi connectivity index (χ4n) is 1.23. The molecule has 0 heterocycles. The highest BCUT2D eigenvalue weighted by molar-refractivity contribution is 9.10. The fourth-order valence-corrected chi connectivity index (χ4v) is 1.90. The van der Waals surface area contributed by atoms with Gasteiger partial charge in [0.25, 0.3) is 0 Å². The predicted molar refractivity (Wildman–Crippen MR) is 53.3 cm³/mol. The Balaban J connectivity index is 2.45. The lowest BCUT2D eigenvalue weighted by Gasteiger charge is -2.34. The monoisotopic (exact) mass is 244 g/mol. The highest BCUT2D eigenvalue weighted by Crippen LogP contribution is 2.40. The van der Waals surface area contributed by atoms with Crippen LogP contribution in [-0.4, -0.2) is 16.3 Å². The Morgan fingerprint density at radius 1 is 1.77 bits per heavy atom. The molecule has 13 heavy (non-hydrogen) atoms. The van der Waals surface area contributed by atoms with Crippen molar-refractivity contribution in [3.63, 3.8) is 0 Å². The third-order valence-electron chi connectivity index (χ3n) is 2.42. The first-order valence-corrected chi connectivity index (χ1v) is 5.31. The summed E-state index contributed by atoms with van der Waals surface area (Å²) >= 11 is 3.40. The van der Waals surface area contributed by atoms with Crippen LogP contribution in [0.5, 0.6) is 0 Å². The topological polar surface area (TPSA) is 52.9 Å². The van der Waals surface area contributed by atoms with Gasteiger partial charge in [0.2, 0.25) is 5.91 Å². The van der Waals surface area contributed by atoms with E-state index in [1.54, 1.807) is 0 Å². The molecule has 0 aliphatic heterocycles. The third-order valence-corrected chi connectivity index (χ3v) is 3.58. The van der Waals surface area contributed by atoms with Gasteiger partial charge in [0.1, 0.15) is 10.4 Å². The van der Waals surface area contributed by atoms with E-state index in [4.69, 9.17) is 5.26 Å². The molecule has 0 aromatic carbocycles. The van der Waals surface area contributed by atoms with Gasteiger partial charge in [-0.1, -0.05) is 22.9 Å². The molecule has 1 amide bonds. The second-order valence-electron chi connectivity index (χ2n) is 3.38. The lowest BCUT2D eigenvalue weighted by Crippen LogP contribution is -2.49. The van der Waals surface area contributed by atoms with E-state index in [-0.39, 0.29) is 16.3 Å². The van der Waals surface area contributed by atoms with E-state index in [9.17, 15) is 4.79 Å². The lowest BCUT2D eigenvalue weighted by atomic mass is 9.84. The maximum atomic E-state index is 11.6. The van der Waals surface area contributed by atoms with Crippen molar-refractivity contribution in [2.75, 3.05) is 0 Å². The summed E-state index contributed by atoms with van der Waals surface area (Å²) in [5, 5.41) is 11.4. The van der Waals surface area contributed by atoms with Gasteiger partial charge < -0.3 is 5.32 Å². The average Bonchev–Trinajstić information content (AvgIpc) is 2.09. The van der Waals surface area contributed by atoms with Crippen LogP contribution < -0.4 is 5.32 Å². The molecule has 3 nitrogen and oxygen atoms in total. The van der Waals surface area contributed by atoms with E-state index >= 15 is 0 Å². The predicted octanol–water partition coefficient (Wildman–Crippen LogP) is 1.72. The first-order chi connectivity index (χ1) is 6.12. The number of hydrogen-bond donors (Lipinski definition) is 1. The first kappa shape index (κ1) is 10.5. The van der Waals surface area contributed by atoms with E-state index < -0.39 is 0 Å². The van der Waals surface area contributed by atoms with Crippen molar-refractivity contribution in [2.45, 2.75) is 43.0 Å². The van der Waals surface area contributed by atoms with Gasteiger partial charge in [-0.15, -0.1) is 0 Å². The van der Waals surface area contributed by atoms with Gasteiger partial charge in [0.05, 0.1) is 6.07 Å². The number of amides is 1. The van der Waals surface area contributed by atoms with Gasteiger partial charge in [-0.3, -0.25) is 4.79 Å². The van der Waals surface area contributed by atoms with E-state index in [2.05, 4.69) is 27.3 Å². The van der Waals surface area contributed by atoms with Crippen LogP contribution in [0.3, 0.4) is 0 Å². The molecular formula is C9H13BrN2O. The molecule has 1 fully saturated rings. The number of nitrogens with one attached hydrogen (secondary N) is 1. The minimum absolute atomic E-state index is 0.0350. The zero-order valence-electron chi connectivity index (χ0n) is 7.64. The fraction of sp³-hybridized carbons (Fsp3) is 0.778. The summed E-state index contributed by atoms with van der Waals surface area (Å²) in [7, 11) is 0. The van der Waals surface area contributed by atoms with Gasteiger partial charge in [0.15, 0.2) is 0 Å². The van der Waals surface area contributed by atoms with Crippen LogP contribution in [0.1, 0.15) is 32.6 Å². The third kappa shape index (κ3) is 2.22. The van der Waals surface area contributed by atoms with Crippen molar-refractivity contribution in [2.24, 2.45) is 0 Å². The summed E-state index contributed by atoms with van der Waals surface area (Å²) < 4.78 is -0.378. The normalized spacial score (nSPS) is 21.0. The molecule has 1 rings (SSSR count). The molecule has 72 valence electrons. The molecule has 0 saturated heterocycles. The molecule has 1 saturated carbocycles. The van der Waals surface area contributed by atoms with Crippen molar-refractivity contribution in [3.8, 4) is 6.07 Å². The molecule has 1 aliphatic carbocycles. The standard InChI is InChI=1S/C9H13BrN2O/c1-2-7(6-11)12-8(13)9(10)4-3-5-9/h7H,2-5H2,1H3,(H,12,13). The number of halogens is 1. The van der Waals surface area contributed by atoms with Gasteiger partial charge in [-0.05, 0) is 25.7 Å². The number of carbonyl (C=O) groups is 1. The second kappa shape index (κ2) is 4.10. The van der Waals surface area contributed by atoms with Crippen molar-refractivity contribution in [1.29, 1.82) is 5.26 Å². The van der Waals surface area contributed by atoms with Crippen molar-refractivity contribution >= 4 is 21.8 Å². The van der Waals surface area contributed by atoms with Gasteiger partial charge in [0, 0.05) is 0 Å². The lowest BCUT2D eigenvalue weighted by molar-refractivity contribution is -0.125. The van der Waals surface area contributed by atoms with E-state index in [1.807, 2.05) is 6.92 Å². The first-order valence-electron chi connectivity index (χ1n) is 4.52. The van der Waals surface area contributed by atoms with Gasteiger partial charge in [-0.25, -0.2) is 0 Å². The quantitative estimate of drug-likeness (QED) is 0.769. The number of hydrogen-bond acceptors (Lipinski definition) is 2. The van der Waals surface area contributed by atoms with Crippen LogP contribution >= 0.6 is 15.9 Å². The summed E-state index contributed by atoms with van der Waals surface area (Å²) in [5.74, 6) is -0.0350. The Morgan fingerprint density at radius 3 is 2.69 bits per heavy atom. The summed E-state index contributed by atoms with van der Waals surface area (Å²) in [6, 6.07) is 1.71. The minimum atomic E-state index is -0.378. The molecule has 1 atom stereocenters. The minimum Gasteiger partial charge on any atom is -0.339 e. The molecule has 0 aromatic rings. The van der Waals surface area contributed by atoms with Gasteiger partial charge >= 0.3 is 0 Å². The number of nitrogens with zero attached hydrogens (tertiary/aromatic N) is 1. The van der Waals surface area contributed by atoms with Gasteiger partial charge in [-0.2, -0.15) is 5.26 Å². The zero-order chi connectivity index (χ0) is 9.90. The van der Waals surface area contributed by atoms with E-state index in [1.165, 1.54) is 0 Å². The Morgan fingerprint density at radius 2 is 2.38 bits per heavy atom. The molecule has 1 unspecified atom stereocenters. The largest absolute Gasteiger partial charge is 0.339 e. The summed E-state index contributed by atoms with van der Waals surface area (Å²) in [6.07, 6.45) is 3.49. The molecule has 1 N–H and O–H groups in total. The number of alkyl halides is 1. The Labute approximate surface area is 86.6 Å². The van der Waals surface area contributed by atoms with Crippen LogP contribution in [0.15, 0.2) is 0 Å². The molecule has 0 aromatic heterocycles. The summed E-state index contributed by atoms with van der Waals surface area (Å²) in [5.41, 5.74) is 0. The molecular weight excluding hydrogens is 232 g/mol. The SMILES string of the molecule is CCC(C#N)NC(=O)C1(Br)CCC1. The molecule has 0 spiro atoms. The van der Waals surface area contributed by atoms with Crippen LogP contribution in [0, 0.1) is 11.3 Å². The summed E-state index contributed by atoms with van der Waals surface area (Å²) in [6.45, 7) is 1.88. The number of rotatable bonds is 3. The zero-order valence-corrected chi connectivity index (χ0v) is 9.23. The maximum Gasteiger partial charge on any atom is 0.237 e. The second-order valence-corrected chi connectivity index (χ2v) is 4.90. The molecule has 4 heteroatoms. The van der Waals surface area contributed by atoms with E-state index in [0.29, 0.717) is 6.42 Å². The smallest absolute Gasteiger partial charge is 0.237 e. The van der Waals surface area contributed by atoms with E-state index in [0.717, 1.165) is 19.3 Å². The highest BCUT2D eigenvalue weighted by Gasteiger charge is 2.41. The Kier molecular flexibility index (Phi) is 3.32. The highest BCUT2D eigenvalue weighted by atomic mass is 79.9. The van der Waals surface area contributed by atoms with Crippen molar-refractivity contribution in [1.82, 2.24) is 5.32 Å². The Bertz CT molecular complexity index is 242. The number of nitriles is 1. The van der Waals surface area contributed by atoms with Crippen molar-refractivity contribution < 1.29 is 4.79 Å².